The summed E-state index contributed by atoms with van der Waals surface area (Å²) < 4.78 is 7.96. The molecule has 1 aliphatic heterocycles. The van der Waals surface area contributed by atoms with Crippen molar-refractivity contribution in [3.63, 3.8) is 0 Å². The van der Waals surface area contributed by atoms with Gasteiger partial charge in [0.05, 0.1) is 0 Å². The normalized spacial score (nSPS) is 28.8. The Bertz CT molecular complexity index is 718. The molecule has 1 aliphatic carbocycles. The fraction of sp³-hybridized carbons (Fsp3) is 0.478. The highest BCUT2D eigenvalue weighted by Gasteiger charge is 2.53. The first-order valence-electron chi connectivity index (χ1n) is 9.88. The predicted molar refractivity (Wildman–Crippen MR) is 115 cm³/mol. The van der Waals surface area contributed by atoms with Crippen molar-refractivity contribution in [2.45, 2.75) is 38.3 Å². The van der Waals surface area contributed by atoms with Crippen molar-refractivity contribution in [1.82, 2.24) is 4.90 Å². The molecule has 2 bridgehead atoms. The number of piperidine rings is 1. The molecule has 1 saturated heterocycles. The lowest BCUT2D eigenvalue weighted by atomic mass is 9.62. The van der Waals surface area contributed by atoms with Gasteiger partial charge >= 0.3 is 0 Å². The SMILES string of the molecule is CCOC1(c2cccc(I)c2)C2CCCC1CN(Cc1ccccc1)C2. The minimum absolute atomic E-state index is 0.0959. The lowest BCUT2D eigenvalue weighted by Crippen LogP contribution is -2.59. The zero-order valence-electron chi connectivity index (χ0n) is 15.5. The molecule has 3 heteroatoms. The highest BCUT2D eigenvalue weighted by Crippen LogP contribution is 2.52. The highest BCUT2D eigenvalue weighted by atomic mass is 127. The van der Waals surface area contributed by atoms with Crippen LogP contribution in [0.4, 0.5) is 0 Å². The fourth-order valence-corrected chi connectivity index (χ4v) is 5.80. The van der Waals surface area contributed by atoms with Crippen molar-refractivity contribution in [1.29, 1.82) is 0 Å². The molecule has 2 fully saturated rings. The molecule has 26 heavy (non-hydrogen) atoms. The van der Waals surface area contributed by atoms with E-state index in [9.17, 15) is 0 Å². The molecule has 1 heterocycles. The van der Waals surface area contributed by atoms with E-state index in [4.69, 9.17) is 4.74 Å². The first-order chi connectivity index (χ1) is 12.7. The van der Waals surface area contributed by atoms with Gasteiger partial charge in [0.25, 0.3) is 0 Å². The molecule has 2 nitrogen and oxygen atoms in total. The van der Waals surface area contributed by atoms with E-state index < -0.39 is 0 Å². The Balaban J connectivity index is 1.64. The Morgan fingerprint density at radius 1 is 1.04 bits per heavy atom. The maximum Gasteiger partial charge on any atom is 0.101 e. The molecule has 4 rings (SSSR count). The second-order valence-corrected chi connectivity index (χ2v) is 8.99. The summed E-state index contributed by atoms with van der Waals surface area (Å²) in [6.45, 7) is 6.27. The first-order valence-corrected chi connectivity index (χ1v) is 11.0. The quantitative estimate of drug-likeness (QED) is 0.549. The summed E-state index contributed by atoms with van der Waals surface area (Å²) >= 11 is 2.43. The summed E-state index contributed by atoms with van der Waals surface area (Å²) in [7, 11) is 0. The van der Waals surface area contributed by atoms with Crippen molar-refractivity contribution < 1.29 is 4.74 Å². The molecule has 2 aliphatic rings. The third-order valence-electron chi connectivity index (χ3n) is 6.18. The largest absolute Gasteiger partial charge is 0.370 e. The maximum absolute atomic E-state index is 6.65. The van der Waals surface area contributed by atoms with E-state index in [1.807, 2.05) is 0 Å². The summed E-state index contributed by atoms with van der Waals surface area (Å²) in [6, 6.07) is 19.9. The molecule has 0 aromatic heterocycles. The second kappa shape index (κ2) is 7.99. The van der Waals surface area contributed by atoms with Gasteiger partial charge in [-0.25, -0.2) is 0 Å². The molecule has 2 aromatic rings. The fourth-order valence-electron chi connectivity index (χ4n) is 5.26. The lowest BCUT2D eigenvalue weighted by molar-refractivity contribution is -0.184. The van der Waals surface area contributed by atoms with E-state index in [0.29, 0.717) is 11.8 Å². The molecule has 2 atom stereocenters. The van der Waals surface area contributed by atoms with Gasteiger partial charge in [-0.05, 0) is 65.6 Å². The molecule has 2 unspecified atom stereocenters. The molecule has 0 spiro atoms. The average molecular weight is 461 g/mol. The summed E-state index contributed by atoms with van der Waals surface area (Å²) in [6.07, 6.45) is 3.88. The van der Waals surface area contributed by atoms with Crippen LogP contribution in [0.2, 0.25) is 0 Å². The smallest absolute Gasteiger partial charge is 0.101 e. The van der Waals surface area contributed by atoms with Crippen molar-refractivity contribution >= 4 is 22.6 Å². The number of benzene rings is 2. The Labute approximate surface area is 171 Å². The van der Waals surface area contributed by atoms with Gasteiger partial charge in [0.15, 0.2) is 0 Å². The third kappa shape index (κ3) is 3.46. The summed E-state index contributed by atoms with van der Waals surface area (Å²) in [4.78, 5) is 2.66. The average Bonchev–Trinajstić information content (AvgIpc) is 2.63. The predicted octanol–water partition coefficient (Wildman–Crippen LogP) is 5.46. The Hall–Kier alpha value is -0.910. The number of fused-ring (bicyclic) bond motifs is 2. The van der Waals surface area contributed by atoms with E-state index in [2.05, 4.69) is 89.0 Å². The first kappa shape index (κ1) is 18.5. The Morgan fingerprint density at radius 2 is 1.77 bits per heavy atom. The van der Waals surface area contributed by atoms with Crippen LogP contribution in [-0.2, 0) is 16.9 Å². The van der Waals surface area contributed by atoms with Crippen LogP contribution < -0.4 is 0 Å². The Morgan fingerprint density at radius 3 is 2.42 bits per heavy atom. The summed E-state index contributed by atoms with van der Waals surface area (Å²) in [5, 5.41) is 0. The minimum Gasteiger partial charge on any atom is -0.370 e. The highest BCUT2D eigenvalue weighted by molar-refractivity contribution is 14.1. The van der Waals surface area contributed by atoms with Crippen LogP contribution in [0.1, 0.15) is 37.3 Å². The molecule has 1 saturated carbocycles. The van der Waals surface area contributed by atoms with Gasteiger partial charge in [-0.1, -0.05) is 48.9 Å². The van der Waals surface area contributed by atoms with E-state index in [0.717, 1.165) is 26.2 Å². The lowest BCUT2D eigenvalue weighted by Gasteiger charge is -2.56. The van der Waals surface area contributed by atoms with Gasteiger partial charge < -0.3 is 4.74 Å². The Kier molecular flexibility index (Phi) is 5.67. The van der Waals surface area contributed by atoms with Crippen molar-refractivity contribution in [3.8, 4) is 0 Å². The minimum atomic E-state index is -0.0959. The second-order valence-electron chi connectivity index (χ2n) is 7.74. The van der Waals surface area contributed by atoms with Gasteiger partial charge in [-0.15, -0.1) is 0 Å². The van der Waals surface area contributed by atoms with Crippen LogP contribution in [0.15, 0.2) is 54.6 Å². The van der Waals surface area contributed by atoms with E-state index >= 15 is 0 Å². The van der Waals surface area contributed by atoms with Crippen molar-refractivity contribution in [3.05, 3.63) is 69.3 Å². The van der Waals surface area contributed by atoms with Crippen LogP contribution in [0.5, 0.6) is 0 Å². The summed E-state index contributed by atoms with van der Waals surface area (Å²) in [5.41, 5.74) is 2.73. The van der Waals surface area contributed by atoms with Gasteiger partial charge in [0.1, 0.15) is 5.60 Å². The van der Waals surface area contributed by atoms with Crippen LogP contribution in [-0.4, -0.2) is 24.6 Å². The summed E-state index contributed by atoms with van der Waals surface area (Å²) in [5.74, 6) is 1.16. The number of nitrogens with zero attached hydrogens (tertiary/aromatic N) is 1. The number of likely N-dealkylation sites (tertiary alicyclic amines) is 1. The molecule has 2 aromatic carbocycles. The molecule has 0 amide bonds. The topological polar surface area (TPSA) is 12.5 Å². The number of rotatable bonds is 5. The van der Waals surface area contributed by atoms with Crippen LogP contribution in [0.25, 0.3) is 0 Å². The van der Waals surface area contributed by atoms with Crippen LogP contribution in [0.3, 0.4) is 0 Å². The zero-order valence-corrected chi connectivity index (χ0v) is 17.7. The number of ether oxygens (including phenoxy) is 1. The molecule has 0 N–H and O–H groups in total. The van der Waals surface area contributed by atoms with Gasteiger partial charge in [-0.3, -0.25) is 4.90 Å². The molecule has 138 valence electrons. The molecule has 0 radical (unpaired) electrons. The number of halogens is 1. The number of hydrogen-bond donors (Lipinski definition) is 0. The zero-order chi connectivity index (χ0) is 18.0. The third-order valence-corrected chi connectivity index (χ3v) is 6.85. The van der Waals surface area contributed by atoms with Gasteiger partial charge in [0.2, 0.25) is 0 Å². The maximum atomic E-state index is 6.65. The van der Waals surface area contributed by atoms with E-state index in [1.165, 1.54) is 34.0 Å². The van der Waals surface area contributed by atoms with Gasteiger partial charge in [-0.2, -0.15) is 0 Å². The van der Waals surface area contributed by atoms with E-state index in [-0.39, 0.29) is 5.60 Å². The molecular weight excluding hydrogens is 433 g/mol. The number of hydrogen-bond acceptors (Lipinski definition) is 2. The van der Waals surface area contributed by atoms with Crippen LogP contribution in [0, 0.1) is 15.4 Å². The van der Waals surface area contributed by atoms with Crippen molar-refractivity contribution in [2.75, 3.05) is 19.7 Å². The molecular formula is C23H28INO. The van der Waals surface area contributed by atoms with Crippen LogP contribution >= 0.6 is 22.6 Å². The monoisotopic (exact) mass is 461 g/mol. The van der Waals surface area contributed by atoms with Crippen molar-refractivity contribution in [2.24, 2.45) is 11.8 Å². The van der Waals surface area contributed by atoms with E-state index in [1.54, 1.807) is 0 Å². The standard InChI is InChI=1S/C23H28INO/c1-2-26-23(19-10-7-13-22(24)14-19)20-11-6-12-21(23)17-25(16-20)15-18-8-4-3-5-9-18/h3-5,7-10,13-14,20-21H,2,6,11-12,15-17H2,1H3. The van der Waals surface area contributed by atoms with Gasteiger partial charge in [0, 0.05) is 41.6 Å².